The van der Waals surface area contributed by atoms with Gasteiger partial charge >= 0.3 is 0 Å². The van der Waals surface area contributed by atoms with Gasteiger partial charge < -0.3 is 5.11 Å². The van der Waals surface area contributed by atoms with Crippen molar-refractivity contribution in [1.82, 2.24) is 9.78 Å². The lowest BCUT2D eigenvalue weighted by Crippen LogP contribution is -2.10. The van der Waals surface area contributed by atoms with Crippen molar-refractivity contribution < 1.29 is 5.11 Å². The van der Waals surface area contributed by atoms with Crippen LogP contribution in [0.3, 0.4) is 0 Å². The summed E-state index contributed by atoms with van der Waals surface area (Å²) in [6.45, 7) is 9.48. The number of aromatic nitrogens is 2. The molecule has 0 saturated heterocycles. The van der Waals surface area contributed by atoms with Crippen LogP contribution in [0.5, 0.6) is 0 Å². The molecule has 1 atom stereocenters. The first kappa shape index (κ1) is 15.7. The van der Waals surface area contributed by atoms with Crippen LogP contribution in [0.2, 0.25) is 0 Å². The molecule has 2 rings (SSSR count). The van der Waals surface area contributed by atoms with E-state index in [-0.39, 0.29) is 5.41 Å². The van der Waals surface area contributed by atoms with Gasteiger partial charge in [0.1, 0.15) is 6.10 Å². The quantitative estimate of drug-likeness (QED) is 0.875. The van der Waals surface area contributed by atoms with Gasteiger partial charge in [-0.05, 0) is 39.9 Å². The van der Waals surface area contributed by atoms with E-state index < -0.39 is 6.10 Å². The summed E-state index contributed by atoms with van der Waals surface area (Å²) in [5, 5.41) is 15.0. The number of aliphatic hydroxyl groups excluding tert-OH is 1. The molecule has 0 aliphatic heterocycles. The fourth-order valence-corrected chi connectivity index (χ4v) is 3.64. The number of hydrogen-bond acceptors (Lipinski definition) is 3. The molecule has 0 aliphatic rings. The van der Waals surface area contributed by atoms with Gasteiger partial charge in [-0.1, -0.05) is 27.7 Å². The Morgan fingerprint density at radius 3 is 2.65 bits per heavy atom. The molecular formula is C15H21BrN2OS. The van der Waals surface area contributed by atoms with Crippen LogP contribution in [0.4, 0.5) is 0 Å². The Morgan fingerprint density at radius 2 is 2.10 bits per heavy atom. The second kappa shape index (κ2) is 6.00. The van der Waals surface area contributed by atoms with Crippen LogP contribution in [0, 0.1) is 0 Å². The van der Waals surface area contributed by atoms with Crippen molar-refractivity contribution in [2.24, 2.45) is 0 Å². The number of thiophene rings is 1. The number of hydrogen-bond donors (Lipinski definition) is 1. The first-order valence-corrected chi connectivity index (χ1v) is 8.45. The maximum atomic E-state index is 10.7. The average molecular weight is 357 g/mol. The maximum absolute atomic E-state index is 10.7. The zero-order chi connectivity index (χ0) is 14.9. The molecule has 0 saturated carbocycles. The third kappa shape index (κ3) is 3.15. The molecule has 20 heavy (non-hydrogen) atoms. The smallest absolute Gasteiger partial charge is 0.131 e. The number of nitrogens with zero attached hydrogens (tertiary/aromatic N) is 2. The van der Waals surface area contributed by atoms with Crippen LogP contribution in [-0.2, 0) is 12.0 Å². The van der Waals surface area contributed by atoms with E-state index in [9.17, 15) is 5.11 Å². The van der Waals surface area contributed by atoms with Crippen molar-refractivity contribution >= 4 is 27.3 Å². The second-order valence-electron chi connectivity index (χ2n) is 5.96. The van der Waals surface area contributed by atoms with Crippen LogP contribution in [0.25, 0.3) is 0 Å². The Bertz CT molecular complexity index is 583. The van der Waals surface area contributed by atoms with Crippen molar-refractivity contribution in [3.8, 4) is 0 Å². The summed E-state index contributed by atoms with van der Waals surface area (Å²) in [7, 11) is 0. The molecule has 0 spiro atoms. The Balaban J connectivity index is 2.34. The highest BCUT2D eigenvalue weighted by atomic mass is 79.9. The SMILES string of the molecule is CCCn1ncc(Br)c1C(O)c1ccc(C(C)(C)C)s1. The monoisotopic (exact) mass is 356 g/mol. The molecule has 2 aromatic rings. The van der Waals surface area contributed by atoms with Gasteiger partial charge in [0.05, 0.1) is 16.4 Å². The Hall–Kier alpha value is -0.650. The number of halogens is 1. The maximum Gasteiger partial charge on any atom is 0.131 e. The molecule has 2 aromatic heterocycles. The van der Waals surface area contributed by atoms with Gasteiger partial charge in [0.15, 0.2) is 0 Å². The molecule has 2 heterocycles. The van der Waals surface area contributed by atoms with Crippen LogP contribution in [0.15, 0.2) is 22.8 Å². The summed E-state index contributed by atoms with van der Waals surface area (Å²) >= 11 is 5.16. The van der Waals surface area contributed by atoms with E-state index in [1.54, 1.807) is 17.5 Å². The topological polar surface area (TPSA) is 38.0 Å². The van der Waals surface area contributed by atoms with Gasteiger partial charge in [-0.2, -0.15) is 5.10 Å². The summed E-state index contributed by atoms with van der Waals surface area (Å²) in [4.78, 5) is 2.25. The highest BCUT2D eigenvalue weighted by Gasteiger charge is 2.23. The van der Waals surface area contributed by atoms with E-state index in [0.29, 0.717) is 0 Å². The van der Waals surface area contributed by atoms with E-state index in [1.165, 1.54) is 4.88 Å². The predicted molar refractivity (Wildman–Crippen MR) is 87.3 cm³/mol. The van der Waals surface area contributed by atoms with Crippen molar-refractivity contribution in [3.63, 3.8) is 0 Å². The Labute approximate surface area is 132 Å². The molecule has 0 amide bonds. The molecule has 0 bridgehead atoms. The minimum Gasteiger partial charge on any atom is -0.381 e. The average Bonchev–Trinajstić information content (AvgIpc) is 2.96. The number of aryl methyl sites for hydroxylation is 1. The zero-order valence-corrected chi connectivity index (χ0v) is 14.8. The molecule has 1 unspecified atom stereocenters. The lowest BCUT2D eigenvalue weighted by molar-refractivity contribution is 0.210. The second-order valence-corrected chi connectivity index (χ2v) is 7.93. The molecule has 0 fully saturated rings. The lowest BCUT2D eigenvalue weighted by atomic mass is 9.95. The van der Waals surface area contributed by atoms with Crippen LogP contribution >= 0.6 is 27.3 Å². The zero-order valence-electron chi connectivity index (χ0n) is 12.4. The fourth-order valence-electron chi connectivity index (χ4n) is 2.07. The van der Waals surface area contributed by atoms with E-state index in [2.05, 4.69) is 54.8 Å². The van der Waals surface area contributed by atoms with Crippen LogP contribution in [0.1, 0.15) is 55.7 Å². The van der Waals surface area contributed by atoms with Gasteiger partial charge in [0, 0.05) is 16.3 Å². The molecule has 0 aromatic carbocycles. The summed E-state index contributed by atoms with van der Waals surface area (Å²) in [5.74, 6) is 0. The standard InChI is InChI=1S/C15H21BrN2OS/c1-5-8-18-13(10(16)9-17-18)14(19)11-6-7-12(20-11)15(2,3)4/h6-7,9,14,19H,5,8H2,1-4H3. The highest BCUT2D eigenvalue weighted by Crippen LogP contribution is 2.36. The first-order valence-electron chi connectivity index (χ1n) is 6.84. The summed E-state index contributed by atoms with van der Waals surface area (Å²) in [6.07, 6.45) is 2.12. The van der Waals surface area contributed by atoms with E-state index in [1.807, 2.05) is 10.7 Å². The molecule has 0 aliphatic carbocycles. The van der Waals surface area contributed by atoms with Gasteiger partial charge in [0.2, 0.25) is 0 Å². The van der Waals surface area contributed by atoms with Gasteiger partial charge in [-0.25, -0.2) is 0 Å². The van der Waals surface area contributed by atoms with E-state index in [4.69, 9.17) is 0 Å². The van der Waals surface area contributed by atoms with E-state index in [0.717, 1.165) is 28.0 Å². The minimum absolute atomic E-state index is 0.115. The van der Waals surface area contributed by atoms with E-state index >= 15 is 0 Å². The normalized spacial score (nSPS) is 13.7. The predicted octanol–water partition coefficient (Wildman–Crippen LogP) is 4.50. The third-order valence-corrected chi connectivity index (χ3v) is 5.34. The fraction of sp³-hybridized carbons (Fsp3) is 0.533. The number of rotatable bonds is 4. The first-order chi connectivity index (χ1) is 9.34. The summed E-state index contributed by atoms with van der Waals surface area (Å²) in [6, 6.07) is 4.13. The van der Waals surface area contributed by atoms with Crippen LogP contribution in [-0.4, -0.2) is 14.9 Å². The molecule has 110 valence electrons. The third-order valence-electron chi connectivity index (χ3n) is 3.16. The summed E-state index contributed by atoms with van der Waals surface area (Å²) in [5.41, 5.74) is 0.956. The van der Waals surface area contributed by atoms with Crippen molar-refractivity contribution in [1.29, 1.82) is 0 Å². The van der Waals surface area contributed by atoms with Crippen molar-refractivity contribution in [2.75, 3.05) is 0 Å². The lowest BCUT2D eigenvalue weighted by Gasteiger charge is -2.16. The molecule has 1 N–H and O–H groups in total. The number of aliphatic hydroxyl groups is 1. The highest BCUT2D eigenvalue weighted by molar-refractivity contribution is 9.10. The molecule has 0 radical (unpaired) electrons. The van der Waals surface area contributed by atoms with Crippen molar-refractivity contribution in [2.45, 2.75) is 52.2 Å². The Morgan fingerprint density at radius 1 is 1.40 bits per heavy atom. The molecular weight excluding hydrogens is 336 g/mol. The largest absolute Gasteiger partial charge is 0.381 e. The van der Waals surface area contributed by atoms with Gasteiger partial charge in [-0.3, -0.25) is 4.68 Å². The molecule has 5 heteroatoms. The van der Waals surface area contributed by atoms with Crippen molar-refractivity contribution in [3.05, 3.63) is 38.3 Å². The summed E-state index contributed by atoms with van der Waals surface area (Å²) < 4.78 is 2.75. The Kier molecular flexibility index (Phi) is 4.72. The molecule has 3 nitrogen and oxygen atoms in total. The van der Waals surface area contributed by atoms with Gasteiger partial charge in [0.25, 0.3) is 0 Å². The minimum atomic E-state index is -0.625. The van der Waals surface area contributed by atoms with Crippen LogP contribution < -0.4 is 0 Å². The van der Waals surface area contributed by atoms with Gasteiger partial charge in [-0.15, -0.1) is 11.3 Å².